The van der Waals surface area contributed by atoms with Gasteiger partial charge in [0.05, 0.1) is 22.9 Å². The Morgan fingerprint density at radius 3 is 2.43 bits per heavy atom. The van der Waals surface area contributed by atoms with Crippen LogP contribution in [0.25, 0.3) is 0 Å². The maximum atomic E-state index is 12.5. The van der Waals surface area contributed by atoms with Crippen molar-refractivity contribution in [2.75, 3.05) is 11.3 Å². The molecule has 2 aromatic rings. The van der Waals surface area contributed by atoms with Gasteiger partial charge in [-0.25, -0.2) is 17.9 Å². The van der Waals surface area contributed by atoms with Crippen molar-refractivity contribution in [3.63, 3.8) is 0 Å². The molecular formula is C17H18N4O6S. The van der Waals surface area contributed by atoms with Gasteiger partial charge in [-0.05, 0) is 45.0 Å². The number of aromatic nitrogens is 1. The van der Waals surface area contributed by atoms with Crippen LogP contribution in [0, 0.1) is 13.8 Å². The lowest BCUT2D eigenvalue weighted by Gasteiger charge is -2.13. The average molecular weight is 406 g/mol. The summed E-state index contributed by atoms with van der Waals surface area (Å²) in [5, 5.41) is 11.5. The summed E-state index contributed by atoms with van der Waals surface area (Å²) in [5.74, 6) is -1.14. The summed E-state index contributed by atoms with van der Waals surface area (Å²) in [6, 6.07) is 5.46. The molecule has 1 aliphatic rings. The van der Waals surface area contributed by atoms with Gasteiger partial charge in [0.1, 0.15) is 0 Å². The molecule has 2 heterocycles. The molecule has 0 radical (unpaired) electrons. The van der Waals surface area contributed by atoms with E-state index < -0.39 is 27.3 Å². The number of Topliss-reactive ketones (excluding diaryl/α,β-unsaturated/α-hetero) is 1. The molecule has 0 amide bonds. The zero-order chi connectivity index (χ0) is 20.5. The van der Waals surface area contributed by atoms with E-state index in [2.05, 4.69) is 20.1 Å². The number of nitrogens with one attached hydrogen (secondary N) is 1. The van der Waals surface area contributed by atoms with Gasteiger partial charge >= 0.3 is 5.97 Å². The highest BCUT2D eigenvalue weighted by Crippen LogP contribution is 2.29. The summed E-state index contributed by atoms with van der Waals surface area (Å²) in [4.78, 5) is 23.7. The molecule has 0 bridgehead atoms. The molecule has 1 aromatic carbocycles. The third-order valence-corrected chi connectivity index (χ3v) is 5.83. The number of ketones is 1. The molecule has 0 saturated carbocycles. The lowest BCUT2D eigenvalue weighted by atomic mass is 9.95. The second-order valence-corrected chi connectivity index (χ2v) is 8.01. The molecule has 1 atom stereocenters. The first-order chi connectivity index (χ1) is 13.2. The second kappa shape index (κ2) is 7.15. The number of azo groups is 1. The lowest BCUT2D eigenvalue weighted by molar-refractivity contribution is -0.145. The number of hydrogen-bond donors (Lipinski definition) is 1. The SMILES string of the molecule is CC(=O)[C@@]1(N=Nc2ccc(S(=O)(=O)Nc3onc(C)c3C)cc2)CCOC1=O. The van der Waals surface area contributed by atoms with Gasteiger partial charge in [-0.3, -0.25) is 4.79 Å². The Kier molecular flexibility index (Phi) is 5.02. The molecule has 11 heteroatoms. The van der Waals surface area contributed by atoms with Crippen LogP contribution in [0.5, 0.6) is 0 Å². The highest BCUT2D eigenvalue weighted by atomic mass is 32.2. The summed E-state index contributed by atoms with van der Waals surface area (Å²) >= 11 is 0. The van der Waals surface area contributed by atoms with Crippen LogP contribution in [0.4, 0.5) is 11.6 Å². The maximum Gasteiger partial charge on any atom is 0.343 e. The van der Waals surface area contributed by atoms with Crippen molar-refractivity contribution in [1.82, 2.24) is 5.16 Å². The summed E-state index contributed by atoms with van der Waals surface area (Å²) < 4.78 is 37.1. The monoisotopic (exact) mass is 406 g/mol. The summed E-state index contributed by atoms with van der Waals surface area (Å²) in [6.07, 6.45) is 0.122. The fourth-order valence-corrected chi connectivity index (χ4v) is 3.57. The molecule has 10 nitrogen and oxygen atoms in total. The van der Waals surface area contributed by atoms with Crippen molar-refractivity contribution in [2.45, 2.75) is 37.6 Å². The molecule has 3 rings (SSSR count). The van der Waals surface area contributed by atoms with Crippen LogP contribution >= 0.6 is 0 Å². The van der Waals surface area contributed by atoms with E-state index in [9.17, 15) is 18.0 Å². The van der Waals surface area contributed by atoms with Crippen LogP contribution in [0.15, 0.2) is 43.9 Å². The van der Waals surface area contributed by atoms with E-state index in [1.165, 1.54) is 31.2 Å². The number of esters is 1. The van der Waals surface area contributed by atoms with E-state index in [0.29, 0.717) is 11.3 Å². The topological polar surface area (TPSA) is 140 Å². The van der Waals surface area contributed by atoms with Gasteiger partial charge in [-0.1, -0.05) is 5.16 Å². The predicted octanol–water partition coefficient (Wildman–Crippen LogP) is 2.45. The largest absolute Gasteiger partial charge is 0.463 e. The number of rotatable bonds is 6. The molecule has 0 unspecified atom stereocenters. The van der Waals surface area contributed by atoms with Gasteiger partial charge < -0.3 is 9.26 Å². The first kappa shape index (κ1) is 19.7. The Hall–Kier alpha value is -3.08. The molecule has 1 aromatic heterocycles. The number of hydrogen-bond acceptors (Lipinski definition) is 9. The van der Waals surface area contributed by atoms with Crippen LogP contribution in [0.2, 0.25) is 0 Å². The van der Waals surface area contributed by atoms with E-state index in [0.717, 1.165) is 0 Å². The number of carbonyl (C=O) groups excluding carboxylic acids is 2. The fourth-order valence-electron chi connectivity index (χ4n) is 2.52. The molecular weight excluding hydrogens is 388 g/mol. The number of benzene rings is 1. The van der Waals surface area contributed by atoms with Crippen molar-refractivity contribution in [2.24, 2.45) is 10.2 Å². The zero-order valence-corrected chi connectivity index (χ0v) is 16.2. The molecule has 1 aliphatic heterocycles. The third-order valence-electron chi connectivity index (χ3n) is 4.48. The zero-order valence-electron chi connectivity index (χ0n) is 15.4. The molecule has 0 aliphatic carbocycles. The van der Waals surface area contributed by atoms with Gasteiger partial charge in [-0.2, -0.15) is 10.2 Å². The third kappa shape index (κ3) is 3.52. The van der Waals surface area contributed by atoms with Gasteiger partial charge in [0, 0.05) is 12.0 Å². The first-order valence-corrected chi connectivity index (χ1v) is 9.81. The highest BCUT2D eigenvalue weighted by Gasteiger charge is 2.50. The first-order valence-electron chi connectivity index (χ1n) is 8.33. The van der Waals surface area contributed by atoms with Crippen LogP contribution < -0.4 is 4.72 Å². The van der Waals surface area contributed by atoms with E-state index in [4.69, 9.17) is 9.26 Å². The highest BCUT2D eigenvalue weighted by molar-refractivity contribution is 7.92. The van der Waals surface area contributed by atoms with Gasteiger partial charge in [-0.15, -0.1) is 0 Å². The fraction of sp³-hybridized carbons (Fsp3) is 0.353. The van der Waals surface area contributed by atoms with Gasteiger partial charge in [0.15, 0.2) is 5.78 Å². The number of aryl methyl sites for hydroxylation is 1. The van der Waals surface area contributed by atoms with Crippen molar-refractivity contribution < 1.29 is 27.3 Å². The smallest absolute Gasteiger partial charge is 0.343 e. The number of anilines is 1. The lowest BCUT2D eigenvalue weighted by Crippen LogP contribution is -2.39. The van der Waals surface area contributed by atoms with E-state index in [1.54, 1.807) is 13.8 Å². The summed E-state index contributed by atoms with van der Waals surface area (Å²) in [5.41, 5.74) is -0.176. The Morgan fingerprint density at radius 2 is 1.93 bits per heavy atom. The number of sulfonamides is 1. The standard InChI is InChI=1S/C17H18N4O6S/c1-10-11(2)19-27-15(10)20-28(24,25)14-6-4-13(5-7-14)18-21-17(12(3)22)8-9-26-16(17)23/h4-7,20H,8-9H2,1-3H3/t17-/m0/s1. The summed E-state index contributed by atoms with van der Waals surface area (Å²) in [6.45, 7) is 4.73. The van der Waals surface area contributed by atoms with E-state index >= 15 is 0 Å². The van der Waals surface area contributed by atoms with Crippen molar-refractivity contribution >= 4 is 33.3 Å². The molecule has 28 heavy (non-hydrogen) atoms. The number of cyclic esters (lactones) is 1. The van der Waals surface area contributed by atoms with Crippen molar-refractivity contribution in [3.05, 3.63) is 35.5 Å². The van der Waals surface area contributed by atoms with Gasteiger partial charge in [0.2, 0.25) is 11.4 Å². The Morgan fingerprint density at radius 1 is 1.25 bits per heavy atom. The Balaban J connectivity index is 1.80. The van der Waals surface area contributed by atoms with E-state index in [-0.39, 0.29) is 29.5 Å². The molecule has 0 spiro atoms. The number of carbonyl (C=O) groups is 2. The van der Waals surface area contributed by atoms with Crippen molar-refractivity contribution in [1.29, 1.82) is 0 Å². The minimum Gasteiger partial charge on any atom is -0.463 e. The van der Waals surface area contributed by atoms with Crippen LogP contribution in [-0.2, 0) is 24.3 Å². The average Bonchev–Trinajstić information content (AvgIpc) is 3.18. The molecule has 148 valence electrons. The molecule has 1 N–H and O–H groups in total. The normalized spacial score (nSPS) is 19.8. The summed E-state index contributed by atoms with van der Waals surface area (Å²) in [7, 11) is -3.89. The minimum absolute atomic E-state index is 0.0264. The van der Waals surface area contributed by atoms with Crippen molar-refractivity contribution in [3.8, 4) is 0 Å². The number of ether oxygens (including phenoxy) is 1. The Bertz CT molecular complexity index is 1060. The van der Waals surface area contributed by atoms with E-state index in [1.807, 2.05) is 0 Å². The van der Waals surface area contributed by atoms with Crippen LogP contribution in [0.1, 0.15) is 24.6 Å². The number of nitrogens with zero attached hydrogens (tertiary/aromatic N) is 3. The molecule has 1 fully saturated rings. The predicted molar refractivity (Wildman–Crippen MR) is 96.7 cm³/mol. The quantitative estimate of drug-likeness (QED) is 0.441. The Labute approximate surface area is 161 Å². The van der Waals surface area contributed by atoms with Crippen LogP contribution in [-0.4, -0.2) is 37.5 Å². The second-order valence-electron chi connectivity index (χ2n) is 6.32. The molecule has 1 saturated heterocycles. The minimum atomic E-state index is -3.89. The van der Waals surface area contributed by atoms with Gasteiger partial charge in [0.25, 0.3) is 10.0 Å². The maximum absolute atomic E-state index is 12.5. The van der Waals surface area contributed by atoms with Crippen LogP contribution in [0.3, 0.4) is 0 Å².